The quantitative estimate of drug-likeness (QED) is 0.753. The predicted octanol–water partition coefficient (Wildman–Crippen LogP) is 3.09. The van der Waals surface area contributed by atoms with E-state index < -0.39 is 5.97 Å². The third kappa shape index (κ3) is 2.98. The van der Waals surface area contributed by atoms with Gasteiger partial charge >= 0.3 is 5.97 Å². The van der Waals surface area contributed by atoms with Crippen LogP contribution in [-0.4, -0.2) is 29.3 Å². The molecule has 0 spiro atoms. The van der Waals surface area contributed by atoms with Crippen LogP contribution >= 0.6 is 0 Å². The van der Waals surface area contributed by atoms with Gasteiger partial charge in [-0.1, -0.05) is 6.07 Å². The van der Waals surface area contributed by atoms with Gasteiger partial charge in [-0.25, -0.2) is 9.78 Å². The molecule has 0 atom stereocenters. The second-order valence-electron chi connectivity index (χ2n) is 5.99. The minimum absolute atomic E-state index is 0.0393. The maximum absolute atomic E-state index is 11.0. The highest BCUT2D eigenvalue weighted by molar-refractivity contribution is 5.91. The molecule has 2 aromatic carbocycles. The molecule has 26 heavy (non-hydrogen) atoms. The third-order valence-corrected chi connectivity index (χ3v) is 4.26. The van der Waals surface area contributed by atoms with E-state index in [2.05, 4.69) is 11.1 Å². The average molecular weight is 350 g/mol. The summed E-state index contributed by atoms with van der Waals surface area (Å²) in [5.74, 6) is 0.0567. The number of carboxylic acids is 1. The highest BCUT2D eigenvalue weighted by Crippen LogP contribution is 2.29. The van der Waals surface area contributed by atoms with E-state index in [0.29, 0.717) is 47.4 Å². The Bertz CT molecular complexity index is 1030. The molecule has 0 bridgehead atoms. The smallest absolute Gasteiger partial charge is 0.335 e. The first kappa shape index (κ1) is 16.1. The molecular formula is C19H14N2O5. The van der Waals surface area contributed by atoms with Crippen LogP contribution in [0.25, 0.3) is 11.1 Å². The van der Waals surface area contributed by atoms with Crippen molar-refractivity contribution in [1.29, 1.82) is 5.26 Å². The van der Waals surface area contributed by atoms with Crippen molar-refractivity contribution in [2.24, 2.45) is 0 Å². The van der Waals surface area contributed by atoms with Crippen LogP contribution in [0.15, 0.2) is 40.8 Å². The second-order valence-corrected chi connectivity index (χ2v) is 5.99. The van der Waals surface area contributed by atoms with E-state index in [1.54, 1.807) is 12.1 Å². The van der Waals surface area contributed by atoms with Crippen LogP contribution in [0.2, 0.25) is 0 Å². The van der Waals surface area contributed by atoms with Crippen molar-refractivity contribution in [3.8, 4) is 11.8 Å². The van der Waals surface area contributed by atoms with E-state index in [1.807, 2.05) is 12.1 Å². The lowest BCUT2D eigenvalue weighted by Crippen LogP contribution is -2.25. The van der Waals surface area contributed by atoms with Gasteiger partial charge < -0.3 is 19.0 Å². The van der Waals surface area contributed by atoms with E-state index in [-0.39, 0.29) is 12.2 Å². The molecule has 130 valence electrons. The Morgan fingerprint density at radius 3 is 2.85 bits per heavy atom. The fraction of sp³-hybridized carbons (Fsp3) is 0.211. The van der Waals surface area contributed by atoms with E-state index in [0.717, 1.165) is 5.56 Å². The average Bonchev–Trinajstić information content (AvgIpc) is 3.00. The van der Waals surface area contributed by atoms with Gasteiger partial charge in [0.1, 0.15) is 17.3 Å². The fourth-order valence-electron chi connectivity index (χ4n) is 2.75. The minimum Gasteiger partial charge on any atom is -0.482 e. The number of hydrogen-bond donors (Lipinski definition) is 1. The zero-order valence-electron chi connectivity index (χ0n) is 13.6. The summed E-state index contributed by atoms with van der Waals surface area (Å²) < 4.78 is 16.4. The minimum atomic E-state index is -1.03. The van der Waals surface area contributed by atoms with Gasteiger partial charge in [-0.15, -0.1) is 0 Å². The summed E-state index contributed by atoms with van der Waals surface area (Å²) in [4.78, 5) is 15.3. The number of carbonyl (C=O) groups is 1. The van der Waals surface area contributed by atoms with E-state index in [1.165, 1.54) is 12.1 Å². The molecule has 1 saturated heterocycles. The largest absolute Gasteiger partial charge is 0.482 e. The van der Waals surface area contributed by atoms with Crippen LogP contribution in [0.4, 0.5) is 0 Å². The van der Waals surface area contributed by atoms with Gasteiger partial charge in [0.15, 0.2) is 12.2 Å². The lowest BCUT2D eigenvalue weighted by Gasteiger charge is -2.26. The molecule has 0 unspecified atom stereocenters. The number of carboxylic acid groups (broad SMARTS) is 1. The van der Waals surface area contributed by atoms with Crippen LogP contribution in [0.3, 0.4) is 0 Å². The zero-order chi connectivity index (χ0) is 18.1. The number of nitrogens with zero attached hydrogens (tertiary/aromatic N) is 2. The molecule has 1 fully saturated rings. The topological polar surface area (TPSA) is 106 Å². The number of ether oxygens (including phenoxy) is 2. The lowest BCUT2D eigenvalue weighted by atomic mass is 9.96. The molecule has 0 radical (unpaired) electrons. The molecule has 1 aliphatic heterocycles. The molecule has 7 nitrogen and oxygen atoms in total. The Morgan fingerprint density at radius 2 is 2.15 bits per heavy atom. The Morgan fingerprint density at radius 1 is 1.31 bits per heavy atom. The van der Waals surface area contributed by atoms with Crippen molar-refractivity contribution in [2.75, 3.05) is 13.2 Å². The number of oxazole rings is 1. The van der Waals surface area contributed by atoms with Crippen LogP contribution < -0.4 is 4.74 Å². The number of nitriles is 1. The van der Waals surface area contributed by atoms with Crippen LogP contribution in [0.1, 0.15) is 33.3 Å². The van der Waals surface area contributed by atoms with Gasteiger partial charge in [-0.05, 0) is 35.9 Å². The Hall–Kier alpha value is -3.37. The number of fused-ring (bicyclic) bond motifs is 1. The normalized spacial score (nSPS) is 14.0. The van der Waals surface area contributed by atoms with Crippen molar-refractivity contribution in [1.82, 2.24) is 4.98 Å². The molecular weight excluding hydrogens is 336 g/mol. The molecule has 4 rings (SSSR count). The molecule has 2 heterocycles. The molecule has 0 aliphatic carbocycles. The lowest BCUT2D eigenvalue weighted by molar-refractivity contribution is 0.00839. The van der Waals surface area contributed by atoms with Crippen molar-refractivity contribution in [3.05, 3.63) is 59.0 Å². The van der Waals surface area contributed by atoms with E-state index in [9.17, 15) is 10.1 Å². The summed E-state index contributed by atoms with van der Waals surface area (Å²) in [6, 6.07) is 12.1. The van der Waals surface area contributed by atoms with Gasteiger partial charge in [-0.3, -0.25) is 0 Å². The molecule has 0 saturated carbocycles. The van der Waals surface area contributed by atoms with E-state index in [4.69, 9.17) is 19.0 Å². The third-order valence-electron chi connectivity index (χ3n) is 4.26. The van der Waals surface area contributed by atoms with Crippen LogP contribution in [0.5, 0.6) is 5.75 Å². The van der Waals surface area contributed by atoms with Gasteiger partial charge in [-0.2, -0.15) is 5.26 Å². The van der Waals surface area contributed by atoms with Crippen LogP contribution in [-0.2, 0) is 11.3 Å². The van der Waals surface area contributed by atoms with Crippen molar-refractivity contribution < 1.29 is 23.8 Å². The number of rotatable bonds is 5. The van der Waals surface area contributed by atoms with Crippen molar-refractivity contribution in [3.63, 3.8) is 0 Å². The van der Waals surface area contributed by atoms with Crippen LogP contribution in [0, 0.1) is 11.3 Å². The highest BCUT2D eigenvalue weighted by atomic mass is 16.5. The Labute approximate surface area is 148 Å². The zero-order valence-corrected chi connectivity index (χ0v) is 13.6. The van der Waals surface area contributed by atoms with Crippen molar-refractivity contribution >= 4 is 17.1 Å². The van der Waals surface area contributed by atoms with Gasteiger partial charge in [0.25, 0.3) is 0 Å². The molecule has 0 amide bonds. The Balaban J connectivity index is 1.52. The summed E-state index contributed by atoms with van der Waals surface area (Å²) in [5.41, 5.74) is 2.56. The molecule has 7 heteroatoms. The first-order chi connectivity index (χ1) is 12.6. The molecule has 3 aromatic rings. The monoisotopic (exact) mass is 350 g/mol. The maximum atomic E-state index is 11.0. The highest BCUT2D eigenvalue weighted by Gasteiger charge is 2.21. The number of aromatic nitrogens is 1. The molecule has 1 aromatic heterocycles. The van der Waals surface area contributed by atoms with Gasteiger partial charge in [0.2, 0.25) is 5.89 Å². The fourth-order valence-corrected chi connectivity index (χ4v) is 2.75. The number of hydrogen-bond acceptors (Lipinski definition) is 6. The van der Waals surface area contributed by atoms with Crippen molar-refractivity contribution in [2.45, 2.75) is 12.5 Å². The van der Waals surface area contributed by atoms with Gasteiger partial charge in [0.05, 0.1) is 24.3 Å². The maximum Gasteiger partial charge on any atom is 0.335 e. The summed E-state index contributed by atoms with van der Waals surface area (Å²) in [6.45, 7) is 1.39. The standard InChI is InChI=1S/C19H14N2O5/c20-7-13-5-11(14-8-24-9-14)2-4-16(13)25-10-18-21-15-3-1-12(19(22)23)6-17(15)26-18/h1-6,14H,8-10H2,(H,22,23). The number of aromatic carboxylic acids is 1. The SMILES string of the molecule is N#Cc1cc(C2COC2)ccc1OCc1nc2ccc(C(=O)O)cc2o1. The molecule has 1 aliphatic rings. The summed E-state index contributed by atoms with van der Waals surface area (Å²) in [7, 11) is 0. The first-order valence-electron chi connectivity index (χ1n) is 8.01. The summed E-state index contributed by atoms with van der Waals surface area (Å²) in [6.07, 6.45) is 0. The van der Waals surface area contributed by atoms with Gasteiger partial charge in [0, 0.05) is 5.92 Å². The summed E-state index contributed by atoms with van der Waals surface area (Å²) >= 11 is 0. The Kier molecular flexibility index (Phi) is 4.03. The predicted molar refractivity (Wildman–Crippen MR) is 90.0 cm³/mol. The second kappa shape index (κ2) is 6.50. The first-order valence-corrected chi connectivity index (χ1v) is 8.01. The molecule has 1 N–H and O–H groups in total. The summed E-state index contributed by atoms with van der Waals surface area (Å²) in [5, 5.41) is 18.4. The van der Waals surface area contributed by atoms with E-state index >= 15 is 0 Å². The number of benzene rings is 2.